The highest BCUT2D eigenvalue weighted by Crippen LogP contribution is 2.37. The largest absolute Gasteiger partial charge is 0.348 e. The smallest absolute Gasteiger partial charge is 0.257 e. The first kappa shape index (κ1) is 22.8. The van der Waals surface area contributed by atoms with E-state index in [0.29, 0.717) is 31.5 Å². The van der Waals surface area contributed by atoms with Crippen LogP contribution in [0.2, 0.25) is 0 Å². The lowest BCUT2D eigenvalue weighted by Crippen LogP contribution is -2.44. The molecule has 1 atom stereocenters. The first-order chi connectivity index (χ1) is 15.9. The summed E-state index contributed by atoms with van der Waals surface area (Å²) in [5.41, 5.74) is 3.35. The molecule has 1 saturated heterocycles. The standard InChI is InChI=1S/C27H32N4O2/c1-4-14-31-19-24(18-28-31)25(32)30-15-13-27(20-30,26(33)29(2)3)17-21-9-8-12-23(16-21)22-10-6-5-7-11-22/h5-12,16,18-19H,4,13-15,17,20H2,1-3H3/t27-/m0/s1. The molecule has 0 spiro atoms. The van der Waals surface area contributed by atoms with Crippen molar-refractivity contribution < 1.29 is 9.59 Å². The van der Waals surface area contributed by atoms with Gasteiger partial charge in [0.05, 0.1) is 17.2 Å². The summed E-state index contributed by atoms with van der Waals surface area (Å²) in [7, 11) is 3.59. The van der Waals surface area contributed by atoms with Gasteiger partial charge in [-0.2, -0.15) is 5.10 Å². The minimum atomic E-state index is -0.631. The molecule has 4 rings (SSSR count). The van der Waals surface area contributed by atoms with Gasteiger partial charge < -0.3 is 9.80 Å². The summed E-state index contributed by atoms with van der Waals surface area (Å²) < 4.78 is 1.80. The van der Waals surface area contributed by atoms with Crippen LogP contribution >= 0.6 is 0 Å². The van der Waals surface area contributed by atoms with Gasteiger partial charge in [-0.25, -0.2) is 0 Å². The Hall–Kier alpha value is -3.41. The van der Waals surface area contributed by atoms with Gasteiger partial charge in [0.25, 0.3) is 5.91 Å². The van der Waals surface area contributed by atoms with Crippen LogP contribution in [0.25, 0.3) is 11.1 Å². The fourth-order valence-electron chi connectivity index (χ4n) is 4.80. The second-order valence-corrected chi connectivity index (χ2v) is 9.19. The minimum Gasteiger partial charge on any atom is -0.348 e. The number of hydrogen-bond acceptors (Lipinski definition) is 3. The van der Waals surface area contributed by atoms with Crippen LogP contribution in [0.3, 0.4) is 0 Å². The summed E-state index contributed by atoms with van der Waals surface area (Å²) in [6.45, 7) is 3.85. The van der Waals surface area contributed by atoms with Crippen LogP contribution in [-0.2, 0) is 17.8 Å². The highest BCUT2D eigenvalue weighted by atomic mass is 16.2. The molecule has 0 bridgehead atoms. The monoisotopic (exact) mass is 444 g/mol. The van der Waals surface area contributed by atoms with Crippen LogP contribution in [0.1, 0.15) is 35.7 Å². The van der Waals surface area contributed by atoms with E-state index in [2.05, 4.69) is 42.4 Å². The van der Waals surface area contributed by atoms with E-state index in [9.17, 15) is 9.59 Å². The number of nitrogens with zero attached hydrogens (tertiary/aromatic N) is 4. The number of amides is 2. The van der Waals surface area contributed by atoms with Crippen molar-refractivity contribution in [3.63, 3.8) is 0 Å². The molecule has 0 saturated carbocycles. The average Bonchev–Trinajstić information content (AvgIpc) is 3.47. The van der Waals surface area contributed by atoms with E-state index < -0.39 is 5.41 Å². The summed E-state index contributed by atoms with van der Waals surface area (Å²) in [5, 5.41) is 4.30. The molecule has 0 aliphatic carbocycles. The fraction of sp³-hybridized carbons (Fsp3) is 0.370. The molecule has 6 nitrogen and oxygen atoms in total. The fourth-order valence-corrected chi connectivity index (χ4v) is 4.80. The lowest BCUT2D eigenvalue weighted by atomic mass is 9.79. The third-order valence-corrected chi connectivity index (χ3v) is 6.41. The van der Waals surface area contributed by atoms with Crippen molar-refractivity contribution >= 4 is 11.8 Å². The van der Waals surface area contributed by atoms with E-state index in [4.69, 9.17) is 0 Å². The normalized spacial score (nSPS) is 17.8. The number of aryl methyl sites for hydroxylation is 1. The summed E-state index contributed by atoms with van der Waals surface area (Å²) in [5.74, 6) is 0.0217. The molecule has 0 unspecified atom stereocenters. The molecular formula is C27H32N4O2. The van der Waals surface area contributed by atoms with Crippen molar-refractivity contribution in [2.75, 3.05) is 27.2 Å². The van der Waals surface area contributed by atoms with Crippen LogP contribution in [0.15, 0.2) is 67.0 Å². The van der Waals surface area contributed by atoms with Gasteiger partial charge in [0.1, 0.15) is 0 Å². The lowest BCUT2D eigenvalue weighted by molar-refractivity contribution is -0.138. The van der Waals surface area contributed by atoms with Crippen molar-refractivity contribution in [1.29, 1.82) is 0 Å². The van der Waals surface area contributed by atoms with Crippen LogP contribution in [0, 0.1) is 5.41 Å². The van der Waals surface area contributed by atoms with E-state index in [0.717, 1.165) is 29.7 Å². The Balaban J connectivity index is 1.58. The zero-order chi connectivity index (χ0) is 23.4. The van der Waals surface area contributed by atoms with Crippen LogP contribution < -0.4 is 0 Å². The van der Waals surface area contributed by atoms with E-state index >= 15 is 0 Å². The zero-order valence-corrected chi connectivity index (χ0v) is 19.7. The Labute approximate surface area is 195 Å². The summed E-state index contributed by atoms with van der Waals surface area (Å²) in [4.78, 5) is 30.1. The Morgan fingerprint density at radius 1 is 1.06 bits per heavy atom. The summed E-state index contributed by atoms with van der Waals surface area (Å²) in [6.07, 6.45) is 5.65. The second-order valence-electron chi connectivity index (χ2n) is 9.19. The molecule has 2 heterocycles. The molecule has 33 heavy (non-hydrogen) atoms. The predicted molar refractivity (Wildman–Crippen MR) is 130 cm³/mol. The van der Waals surface area contributed by atoms with Crippen molar-refractivity contribution in [3.05, 3.63) is 78.1 Å². The molecule has 3 aromatic rings. The molecule has 0 N–H and O–H groups in total. The molecule has 1 aliphatic heterocycles. The summed E-state index contributed by atoms with van der Waals surface area (Å²) >= 11 is 0. The van der Waals surface area contributed by atoms with Gasteiger partial charge in [0.15, 0.2) is 0 Å². The first-order valence-electron chi connectivity index (χ1n) is 11.6. The second kappa shape index (κ2) is 9.61. The maximum atomic E-state index is 13.4. The minimum absolute atomic E-state index is 0.0520. The van der Waals surface area contributed by atoms with Crippen LogP contribution in [-0.4, -0.2) is 58.6 Å². The number of hydrogen-bond donors (Lipinski definition) is 0. The SMILES string of the molecule is CCCn1cc(C(=O)N2CC[C@@](Cc3cccc(-c4ccccc4)c3)(C(=O)N(C)C)C2)cn1. The number of benzene rings is 2. The maximum absolute atomic E-state index is 13.4. The molecular weight excluding hydrogens is 412 g/mol. The van der Waals surface area contributed by atoms with Crippen LogP contribution in [0.5, 0.6) is 0 Å². The number of aromatic nitrogens is 2. The average molecular weight is 445 g/mol. The molecule has 2 amide bonds. The van der Waals surface area contributed by atoms with E-state index in [1.54, 1.807) is 29.9 Å². The van der Waals surface area contributed by atoms with Crippen LogP contribution in [0.4, 0.5) is 0 Å². The third kappa shape index (κ3) is 4.85. The molecule has 0 radical (unpaired) electrons. The predicted octanol–water partition coefficient (Wildman–Crippen LogP) is 4.12. The van der Waals surface area contributed by atoms with Gasteiger partial charge in [0, 0.05) is 39.9 Å². The molecule has 6 heteroatoms. The van der Waals surface area contributed by atoms with Gasteiger partial charge in [-0.3, -0.25) is 14.3 Å². The Morgan fingerprint density at radius 2 is 1.82 bits per heavy atom. The Morgan fingerprint density at radius 3 is 2.55 bits per heavy atom. The Kier molecular flexibility index (Phi) is 6.63. The topological polar surface area (TPSA) is 58.4 Å². The van der Waals surface area contributed by atoms with E-state index in [-0.39, 0.29) is 11.8 Å². The molecule has 1 fully saturated rings. The zero-order valence-electron chi connectivity index (χ0n) is 19.7. The molecule has 2 aromatic carbocycles. The van der Waals surface area contributed by atoms with E-state index in [1.165, 1.54) is 0 Å². The first-order valence-corrected chi connectivity index (χ1v) is 11.6. The number of likely N-dealkylation sites (tertiary alicyclic amines) is 1. The van der Waals surface area contributed by atoms with Crippen molar-refractivity contribution in [1.82, 2.24) is 19.6 Å². The Bertz CT molecular complexity index is 1120. The van der Waals surface area contributed by atoms with Gasteiger partial charge in [0.2, 0.25) is 5.91 Å². The van der Waals surface area contributed by atoms with Crippen molar-refractivity contribution in [2.24, 2.45) is 5.41 Å². The number of carbonyl (C=O) groups is 2. The molecule has 172 valence electrons. The van der Waals surface area contributed by atoms with Gasteiger partial charge in [-0.1, -0.05) is 61.5 Å². The van der Waals surface area contributed by atoms with Crippen molar-refractivity contribution in [3.8, 4) is 11.1 Å². The molecule has 1 aliphatic rings. The highest BCUT2D eigenvalue weighted by Gasteiger charge is 2.47. The quantitative estimate of drug-likeness (QED) is 0.551. The molecule has 1 aromatic heterocycles. The number of carbonyl (C=O) groups excluding carboxylic acids is 2. The third-order valence-electron chi connectivity index (χ3n) is 6.41. The lowest BCUT2D eigenvalue weighted by Gasteiger charge is -2.31. The van der Waals surface area contributed by atoms with Crippen molar-refractivity contribution in [2.45, 2.75) is 32.7 Å². The number of rotatable bonds is 7. The van der Waals surface area contributed by atoms with Gasteiger partial charge in [-0.05, 0) is 36.0 Å². The van der Waals surface area contributed by atoms with Gasteiger partial charge in [-0.15, -0.1) is 0 Å². The van der Waals surface area contributed by atoms with E-state index in [1.807, 2.05) is 35.4 Å². The van der Waals surface area contributed by atoms with Gasteiger partial charge >= 0.3 is 0 Å². The maximum Gasteiger partial charge on any atom is 0.257 e. The highest BCUT2D eigenvalue weighted by molar-refractivity contribution is 5.95. The summed E-state index contributed by atoms with van der Waals surface area (Å²) in [6, 6.07) is 18.6.